The van der Waals surface area contributed by atoms with Crippen LogP contribution in [0.5, 0.6) is 0 Å². The van der Waals surface area contributed by atoms with Gasteiger partial charge < -0.3 is 0 Å². The molecule has 0 nitrogen and oxygen atoms in total. The first-order chi connectivity index (χ1) is 21.2. The SMILES string of the molecule is C=Cc1ccc(-c2ccc(-c3c4ccccc4c(-c4ccc(-c5ccccc5)cc4)c4ccccc34)cc2)cc1/C=C\C. The van der Waals surface area contributed by atoms with Crippen LogP contribution in [0, 0.1) is 0 Å². The van der Waals surface area contributed by atoms with Gasteiger partial charge in [-0.2, -0.15) is 0 Å². The van der Waals surface area contributed by atoms with Gasteiger partial charge in [0.05, 0.1) is 0 Å². The molecule has 0 fully saturated rings. The summed E-state index contributed by atoms with van der Waals surface area (Å²) < 4.78 is 0. The van der Waals surface area contributed by atoms with E-state index in [0.717, 1.165) is 5.56 Å². The maximum Gasteiger partial charge on any atom is -0.00264 e. The van der Waals surface area contributed by atoms with Crippen LogP contribution in [-0.4, -0.2) is 0 Å². The number of benzene rings is 7. The van der Waals surface area contributed by atoms with Crippen LogP contribution in [0.4, 0.5) is 0 Å². The molecule has 0 atom stereocenters. The van der Waals surface area contributed by atoms with Gasteiger partial charge in [-0.15, -0.1) is 0 Å². The molecule has 0 heterocycles. The molecule has 0 spiro atoms. The molecule has 0 aliphatic rings. The summed E-state index contributed by atoms with van der Waals surface area (Å²) >= 11 is 0. The van der Waals surface area contributed by atoms with E-state index in [-0.39, 0.29) is 0 Å². The van der Waals surface area contributed by atoms with Crippen molar-refractivity contribution in [3.8, 4) is 44.5 Å². The molecule has 0 heteroatoms. The molecule has 7 aromatic rings. The molecule has 0 saturated heterocycles. The van der Waals surface area contributed by atoms with Crippen molar-refractivity contribution in [2.45, 2.75) is 6.92 Å². The van der Waals surface area contributed by atoms with Crippen LogP contribution < -0.4 is 0 Å². The van der Waals surface area contributed by atoms with Crippen molar-refractivity contribution >= 4 is 33.7 Å². The standard InChI is InChI=1S/C43H32/c1-3-12-36-29-37(28-19-30(36)4-2)33-22-26-35(27-23-33)43-40-17-10-8-15-38(40)42(39-16-9-11-18-41(39)43)34-24-20-32(21-25-34)31-13-6-5-7-14-31/h3-29H,2H2,1H3/b12-3-. The van der Waals surface area contributed by atoms with E-state index in [1.54, 1.807) is 0 Å². The van der Waals surface area contributed by atoms with E-state index in [1.165, 1.54) is 71.6 Å². The third-order valence-electron chi connectivity index (χ3n) is 8.37. The Kier molecular flexibility index (Phi) is 7.03. The van der Waals surface area contributed by atoms with E-state index in [9.17, 15) is 0 Å². The summed E-state index contributed by atoms with van der Waals surface area (Å²) in [4.78, 5) is 0. The van der Waals surface area contributed by atoms with Crippen molar-refractivity contribution < 1.29 is 0 Å². The third-order valence-corrected chi connectivity index (χ3v) is 8.37. The van der Waals surface area contributed by atoms with Crippen LogP contribution in [-0.2, 0) is 0 Å². The Balaban J connectivity index is 1.37. The molecule has 0 unspecified atom stereocenters. The molecule has 43 heavy (non-hydrogen) atoms. The van der Waals surface area contributed by atoms with Gasteiger partial charge in [0.15, 0.2) is 0 Å². The highest BCUT2D eigenvalue weighted by atomic mass is 14.2. The zero-order valence-corrected chi connectivity index (χ0v) is 24.3. The molecule has 0 N–H and O–H groups in total. The first-order valence-corrected chi connectivity index (χ1v) is 14.8. The van der Waals surface area contributed by atoms with Gasteiger partial charge in [0.1, 0.15) is 0 Å². The third kappa shape index (κ3) is 4.88. The largest absolute Gasteiger partial charge is 0.0984 e. The lowest BCUT2D eigenvalue weighted by Crippen LogP contribution is -1.91. The van der Waals surface area contributed by atoms with Gasteiger partial charge in [-0.25, -0.2) is 0 Å². The molecular formula is C43H32. The van der Waals surface area contributed by atoms with E-state index in [0.29, 0.717) is 0 Å². The maximum atomic E-state index is 3.98. The Morgan fingerprint density at radius 2 is 0.791 bits per heavy atom. The molecule has 0 bridgehead atoms. The first-order valence-electron chi connectivity index (χ1n) is 14.8. The van der Waals surface area contributed by atoms with Crippen molar-refractivity contribution in [1.82, 2.24) is 0 Å². The van der Waals surface area contributed by atoms with Gasteiger partial charge in [0.25, 0.3) is 0 Å². The molecular weight excluding hydrogens is 516 g/mol. The molecule has 0 saturated carbocycles. The van der Waals surface area contributed by atoms with E-state index in [4.69, 9.17) is 0 Å². The van der Waals surface area contributed by atoms with Crippen LogP contribution in [0.25, 0.3) is 78.2 Å². The highest BCUT2D eigenvalue weighted by molar-refractivity contribution is 6.21. The minimum atomic E-state index is 1.14. The fraction of sp³-hybridized carbons (Fsp3) is 0.0233. The van der Waals surface area contributed by atoms with Gasteiger partial charge in [-0.05, 0) is 90.2 Å². The lowest BCUT2D eigenvalue weighted by Gasteiger charge is -2.18. The number of allylic oxidation sites excluding steroid dienone is 1. The number of fused-ring (bicyclic) bond motifs is 2. The van der Waals surface area contributed by atoms with E-state index in [1.807, 2.05) is 13.0 Å². The molecule has 0 aromatic heterocycles. The smallest absolute Gasteiger partial charge is 0.00264 e. The van der Waals surface area contributed by atoms with Crippen molar-refractivity contribution in [3.05, 3.63) is 169 Å². The van der Waals surface area contributed by atoms with Crippen LogP contribution in [0.3, 0.4) is 0 Å². The minimum Gasteiger partial charge on any atom is -0.0984 e. The summed E-state index contributed by atoms with van der Waals surface area (Å²) in [6.07, 6.45) is 6.14. The van der Waals surface area contributed by atoms with Crippen LogP contribution >= 0.6 is 0 Å². The average molecular weight is 549 g/mol. The average Bonchev–Trinajstić information content (AvgIpc) is 3.08. The Morgan fingerprint density at radius 1 is 0.395 bits per heavy atom. The number of hydrogen-bond acceptors (Lipinski definition) is 0. The van der Waals surface area contributed by atoms with Crippen LogP contribution in [0.2, 0.25) is 0 Å². The summed E-state index contributed by atoms with van der Waals surface area (Å²) in [5, 5.41) is 5.07. The number of rotatable bonds is 6. The molecule has 0 aliphatic heterocycles. The van der Waals surface area contributed by atoms with Crippen molar-refractivity contribution in [2.24, 2.45) is 0 Å². The molecule has 0 amide bonds. The fourth-order valence-electron chi connectivity index (χ4n) is 6.30. The van der Waals surface area contributed by atoms with E-state index in [2.05, 4.69) is 164 Å². The second kappa shape index (κ2) is 11.4. The molecule has 204 valence electrons. The van der Waals surface area contributed by atoms with Crippen molar-refractivity contribution in [2.75, 3.05) is 0 Å². The Hall–Kier alpha value is -5.46. The normalized spacial score (nSPS) is 11.4. The summed E-state index contributed by atoms with van der Waals surface area (Å²) in [7, 11) is 0. The summed E-state index contributed by atoms with van der Waals surface area (Å²) in [5.74, 6) is 0. The summed E-state index contributed by atoms with van der Waals surface area (Å²) in [5.41, 5.74) is 12.2. The zero-order chi connectivity index (χ0) is 29.2. The topological polar surface area (TPSA) is 0 Å². The van der Waals surface area contributed by atoms with Gasteiger partial charge in [-0.1, -0.05) is 164 Å². The zero-order valence-electron chi connectivity index (χ0n) is 24.3. The Labute approximate surface area is 253 Å². The lowest BCUT2D eigenvalue weighted by atomic mass is 9.85. The molecule has 0 aliphatic carbocycles. The van der Waals surface area contributed by atoms with Crippen molar-refractivity contribution in [1.29, 1.82) is 0 Å². The highest BCUT2D eigenvalue weighted by Gasteiger charge is 2.16. The second-order valence-corrected chi connectivity index (χ2v) is 10.9. The summed E-state index contributed by atoms with van der Waals surface area (Å²) in [6, 6.07) is 52.9. The molecule has 7 rings (SSSR count). The predicted octanol–water partition coefficient (Wildman–Crippen LogP) is 12.3. The first kappa shape index (κ1) is 26.4. The van der Waals surface area contributed by atoms with E-state index < -0.39 is 0 Å². The van der Waals surface area contributed by atoms with Gasteiger partial charge >= 0.3 is 0 Å². The minimum absolute atomic E-state index is 1.14. The lowest BCUT2D eigenvalue weighted by molar-refractivity contribution is 1.56. The highest BCUT2D eigenvalue weighted by Crippen LogP contribution is 2.44. The van der Waals surface area contributed by atoms with Gasteiger partial charge in [-0.3, -0.25) is 0 Å². The predicted molar refractivity (Wildman–Crippen MR) is 188 cm³/mol. The summed E-state index contributed by atoms with van der Waals surface area (Å²) in [6.45, 7) is 6.03. The van der Waals surface area contributed by atoms with Crippen LogP contribution in [0.1, 0.15) is 18.1 Å². The van der Waals surface area contributed by atoms with Crippen molar-refractivity contribution in [3.63, 3.8) is 0 Å². The molecule has 0 radical (unpaired) electrons. The van der Waals surface area contributed by atoms with E-state index >= 15 is 0 Å². The Bertz CT molecular complexity index is 2050. The monoisotopic (exact) mass is 548 g/mol. The van der Waals surface area contributed by atoms with Crippen LogP contribution in [0.15, 0.2) is 158 Å². The Morgan fingerprint density at radius 3 is 1.26 bits per heavy atom. The second-order valence-electron chi connectivity index (χ2n) is 10.9. The van der Waals surface area contributed by atoms with Gasteiger partial charge in [0, 0.05) is 0 Å². The maximum absolute atomic E-state index is 3.98. The fourth-order valence-corrected chi connectivity index (χ4v) is 6.30. The quantitative estimate of drug-likeness (QED) is 0.181. The number of hydrogen-bond donors (Lipinski definition) is 0. The van der Waals surface area contributed by atoms with Gasteiger partial charge in [0.2, 0.25) is 0 Å². The molecule has 7 aromatic carbocycles.